The van der Waals surface area contributed by atoms with Crippen LogP contribution in [0.1, 0.15) is 17.3 Å². The molecular formula is C14H16FN3O4S. The summed E-state index contributed by atoms with van der Waals surface area (Å²) in [5.74, 6) is -0.491. The van der Waals surface area contributed by atoms with E-state index in [-0.39, 0.29) is 30.2 Å². The van der Waals surface area contributed by atoms with Crippen LogP contribution in [0.2, 0.25) is 0 Å². The van der Waals surface area contributed by atoms with Gasteiger partial charge in [0.05, 0.1) is 29.8 Å². The van der Waals surface area contributed by atoms with E-state index >= 15 is 0 Å². The Morgan fingerprint density at radius 1 is 1.30 bits per heavy atom. The average Bonchev–Trinajstić information content (AvgIpc) is 2.93. The Balaban J connectivity index is 2.04. The van der Waals surface area contributed by atoms with Crippen LogP contribution < -0.4 is 5.56 Å². The lowest BCUT2D eigenvalue weighted by Crippen LogP contribution is -2.43. The number of aryl methyl sites for hydroxylation is 1. The molecule has 1 aromatic heterocycles. The fraction of sp³-hybridized carbons (Fsp3) is 0.357. The lowest BCUT2D eigenvalue weighted by molar-refractivity contribution is 0.0305. The normalized spacial score (nSPS) is 19.8. The second-order valence-electron chi connectivity index (χ2n) is 5.33. The number of nitrogens with zero attached hydrogens (tertiary/aromatic N) is 1. The Bertz CT molecular complexity index is 874. The fourth-order valence-corrected chi connectivity index (χ4v) is 4.46. The van der Waals surface area contributed by atoms with Crippen molar-refractivity contribution in [3.63, 3.8) is 0 Å². The minimum Gasteiger partial charge on any atom is -0.378 e. The highest BCUT2D eigenvalue weighted by atomic mass is 32.2. The lowest BCUT2D eigenvalue weighted by atomic mass is 10.2. The summed E-state index contributed by atoms with van der Waals surface area (Å²) in [6.07, 6.45) is 0. The molecule has 0 radical (unpaired) electrons. The topological polar surface area (TPSA) is 95.3 Å². The van der Waals surface area contributed by atoms with Gasteiger partial charge >= 0.3 is 0 Å². The largest absolute Gasteiger partial charge is 0.378 e. The number of aromatic nitrogens is 2. The van der Waals surface area contributed by atoms with Gasteiger partial charge in [-0.2, -0.15) is 4.31 Å². The summed E-state index contributed by atoms with van der Waals surface area (Å²) < 4.78 is 45.8. The molecule has 7 nitrogen and oxygen atoms in total. The summed E-state index contributed by atoms with van der Waals surface area (Å²) in [6.45, 7) is 2.08. The van der Waals surface area contributed by atoms with Crippen LogP contribution in [0, 0.1) is 12.7 Å². The molecule has 0 amide bonds. The Morgan fingerprint density at radius 3 is 2.74 bits per heavy atom. The first-order valence-electron chi connectivity index (χ1n) is 7.03. The van der Waals surface area contributed by atoms with E-state index in [0.717, 1.165) is 6.07 Å². The van der Waals surface area contributed by atoms with Gasteiger partial charge in [0.2, 0.25) is 10.0 Å². The van der Waals surface area contributed by atoms with E-state index in [1.165, 1.54) is 22.5 Å². The zero-order valence-electron chi connectivity index (χ0n) is 12.4. The molecule has 1 unspecified atom stereocenters. The van der Waals surface area contributed by atoms with Crippen LogP contribution in [-0.2, 0) is 14.8 Å². The molecular weight excluding hydrogens is 325 g/mol. The van der Waals surface area contributed by atoms with E-state index in [9.17, 15) is 17.6 Å². The van der Waals surface area contributed by atoms with Crippen molar-refractivity contribution in [2.45, 2.75) is 17.9 Å². The Labute approximate surface area is 132 Å². The number of hydrogen-bond donors (Lipinski definition) is 2. The maximum Gasteiger partial charge on any atom is 0.264 e. The molecule has 124 valence electrons. The highest BCUT2D eigenvalue weighted by Crippen LogP contribution is 2.30. The summed E-state index contributed by atoms with van der Waals surface area (Å²) in [4.78, 5) is 11.4. The van der Waals surface area contributed by atoms with E-state index in [1.54, 1.807) is 6.92 Å². The standard InChI is InChI=1S/C14H16FN3O4S/c1-9-6-10(15)2-3-13(9)23(20,21)18-4-5-22-8-12(18)11-7-14(19)17-16-11/h2-3,6-7,12H,4-5,8H2,1H3,(H2,16,17,19). The minimum absolute atomic E-state index is 0.0451. The van der Waals surface area contributed by atoms with Gasteiger partial charge in [-0.15, -0.1) is 0 Å². The number of hydrogen-bond acceptors (Lipinski definition) is 4. The maximum atomic E-state index is 13.3. The maximum absolute atomic E-state index is 13.3. The molecule has 2 heterocycles. The van der Waals surface area contributed by atoms with Crippen LogP contribution in [0.25, 0.3) is 0 Å². The number of benzene rings is 1. The summed E-state index contributed by atoms with van der Waals surface area (Å²) in [6, 6.07) is 4.22. The number of halogens is 1. The highest BCUT2D eigenvalue weighted by molar-refractivity contribution is 7.89. The van der Waals surface area contributed by atoms with Crippen molar-refractivity contribution in [3.8, 4) is 0 Å². The van der Waals surface area contributed by atoms with Gasteiger partial charge in [-0.25, -0.2) is 12.8 Å². The molecule has 1 aromatic carbocycles. The molecule has 0 bridgehead atoms. The van der Waals surface area contributed by atoms with Gasteiger partial charge < -0.3 is 9.84 Å². The SMILES string of the molecule is Cc1cc(F)ccc1S(=O)(=O)N1CCOCC1c1cc(=O)[nH][nH]1. The van der Waals surface area contributed by atoms with Gasteiger partial charge in [-0.3, -0.25) is 9.89 Å². The first kappa shape index (κ1) is 15.9. The first-order valence-corrected chi connectivity index (χ1v) is 8.47. The molecule has 23 heavy (non-hydrogen) atoms. The third-order valence-corrected chi connectivity index (χ3v) is 5.85. The second-order valence-corrected chi connectivity index (χ2v) is 7.19. The van der Waals surface area contributed by atoms with E-state index in [4.69, 9.17) is 4.74 Å². The zero-order chi connectivity index (χ0) is 16.6. The lowest BCUT2D eigenvalue weighted by Gasteiger charge is -2.34. The average molecular weight is 341 g/mol. The van der Waals surface area contributed by atoms with Crippen molar-refractivity contribution in [2.24, 2.45) is 0 Å². The van der Waals surface area contributed by atoms with E-state index in [0.29, 0.717) is 11.3 Å². The van der Waals surface area contributed by atoms with E-state index in [2.05, 4.69) is 10.2 Å². The molecule has 0 saturated carbocycles. The molecule has 1 saturated heterocycles. The molecule has 1 fully saturated rings. The summed E-state index contributed by atoms with van der Waals surface area (Å²) in [5.41, 5.74) is 0.414. The molecule has 2 aromatic rings. The molecule has 1 atom stereocenters. The molecule has 0 spiro atoms. The molecule has 9 heteroatoms. The predicted molar refractivity (Wildman–Crippen MR) is 80.0 cm³/mol. The van der Waals surface area contributed by atoms with Crippen LogP contribution >= 0.6 is 0 Å². The van der Waals surface area contributed by atoms with Crippen molar-refractivity contribution in [2.75, 3.05) is 19.8 Å². The van der Waals surface area contributed by atoms with Crippen molar-refractivity contribution >= 4 is 10.0 Å². The number of sulfonamides is 1. The van der Waals surface area contributed by atoms with Crippen LogP contribution in [-0.4, -0.2) is 42.7 Å². The van der Waals surface area contributed by atoms with Gasteiger partial charge in [-0.05, 0) is 30.7 Å². The predicted octanol–water partition coefficient (Wildman–Crippen LogP) is 0.913. The molecule has 3 rings (SSSR count). The Kier molecular flexibility index (Phi) is 4.09. The zero-order valence-corrected chi connectivity index (χ0v) is 13.2. The van der Waals surface area contributed by atoms with Gasteiger partial charge in [0.25, 0.3) is 5.56 Å². The molecule has 0 aliphatic carbocycles. The molecule has 2 N–H and O–H groups in total. The van der Waals surface area contributed by atoms with Crippen LogP contribution in [0.3, 0.4) is 0 Å². The smallest absolute Gasteiger partial charge is 0.264 e. The van der Waals surface area contributed by atoms with Crippen molar-refractivity contribution in [3.05, 3.63) is 51.7 Å². The van der Waals surface area contributed by atoms with Crippen molar-refractivity contribution in [1.29, 1.82) is 0 Å². The number of morpholine rings is 1. The minimum atomic E-state index is -3.85. The van der Waals surface area contributed by atoms with Gasteiger partial charge in [0.15, 0.2) is 0 Å². The second kappa shape index (κ2) is 5.91. The van der Waals surface area contributed by atoms with Gasteiger partial charge in [0, 0.05) is 12.6 Å². The first-order chi connectivity index (χ1) is 10.9. The van der Waals surface area contributed by atoms with Crippen LogP contribution in [0.4, 0.5) is 4.39 Å². The van der Waals surface area contributed by atoms with Gasteiger partial charge in [0.1, 0.15) is 5.82 Å². The summed E-state index contributed by atoms with van der Waals surface area (Å²) in [5, 5.41) is 5.06. The monoisotopic (exact) mass is 341 g/mol. The summed E-state index contributed by atoms with van der Waals surface area (Å²) >= 11 is 0. The van der Waals surface area contributed by atoms with E-state index in [1.807, 2.05) is 0 Å². The number of rotatable bonds is 3. The molecule has 1 aliphatic rings. The Morgan fingerprint density at radius 2 is 2.09 bits per heavy atom. The van der Waals surface area contributed by atoms with Crippen molar-refractivity contribution < 1.29 is 17.5 Å². The fourth-order valence-electron chi connectivity index (χ4n) is 2.68. The molecule has 1 aliphatic heterocycles. The van der Waals surface area contributed by atoms with Crippen molar-refractivity contribution in [1.82, 2.24) is 14.5 Å². The quantitative estimate of drug-likeness (QED) is 0.867. The van der Waals surface area contributed by atoms with Crippen LogP contribution in [0.15, 0.2) is 34.0 Å². The third-order valence-electron chi connectivity index (χ3n) is 3.78. The number of nitrogens with one attached hydrogen (secondary N) is 2. The summed E-state index contributed by atoms with van der Waals surface area (Å²) in [7, 11) is -3.85. The Hall–Kier alpha value is -1.97. The van der Waals surface area contributed by atoms with Crippen LogP contribution in [0.5, 0.6) is 0 Å². The van der Waals surface area contributed by atoms with Gasteiger partial charge in [-0.1, -0.05) is 0 Å². The third kappa shape index (κ3) is 2.94. The number of H-pyrrole nitrogens is 2. The number of ether oxygens (including phenoxy) is 1. The number of aromatic amines is 2. The highest BCUT2D eigenvalue weighted by Gasteiger charge is 2.36. The van der Waals surface area contributed by atoms with E-state index < -0.39 is 21.9 Å².